The summed E-state index contributed by atoms with van der Waals surface area (Å²) in [4.78, 5) is 25.4. The molecule has 0 radical (unpaired) electrons. The lowest BCUT2D eigenvalue weighted by atomic mass is 9.82. The first-order valence-electron chi connectivity index (χ1n) is 8.42. The molecule has 146 valence electrons. The van der Waals surface area contributed by atoms with Crippen LogP contribution in [0.15, 0.2) is 59.5 Å². The van der Waals surface area contributed by atoms with Gasteiger partial charge in [0.25, 0.3) is 0 Å². The smallest absolute Gasteiger partial charge is 0.196 e. The summed E-state index contributed by atoms with van der Waals surface area (Å²) in [5.74, 6) is -1.14. The van der Waals surface area contributed by atoms with E-state index in [-0.39, 0.29) is 27.9 Å². The van der Waals surface area contributed by atoms with E-state index in [1.165, 1.54) is 12.1 Å². The highest BCUT2D eigenvalue weighted by Crippen LogP contribution is 2.40. The minimum Gasteiger partial charge on any atom is -0.744 e. The zero-order valence-electron chi connectivity index (χ0n) is 14.8. The molecule has 0 bridgehead atoms. The summed E-state index contributed by atoms with van der Waals surface area (Å²) >= 11 is 0. The largest absolute Gasteiger partial charge is 0.744 e. The lowest BCUT2D eigenvalue weighted by molar-refractivity contribution is 0.0980. The van der Waals surface area contributed by atoms with Crippen molar-refractivity contribution >= 4 is 44.4 Å². The molecule has 0 atom stereocenters. The minimum atomic E-state index is -5.01. The van der Waals surface area contributed by atoms with Crippen LogP contribution in [0.4, 0.5) is 22.7 Å². The zero-order valence-corrected chi connectivity index (χ0v) is 15.6. The van der Waals surface area contributed by atoms with Crippen LogP contribution < -0.4 is 16.8 Å². The van der Waals surface area contributed by atoms with Gasteiger partial charge >= 0.3 is 0 Å². The van der Waals surface area contributed by atoms with Gasteiger partial charge in [-0.05, 0) is 24.3 Å². The number of benzene rings is 3. The zero-order chi connectivity index (χ0) is 20.9. The Kier molecular flexibility index (Phi) is 4.14. The van der Waals surface area contributed by atoms with Crippen molar-refractivity contribution in [3.8, 4) is 0 Å². The molecule has 3 aromatic carbocycles. The molecule has 0 fully saturated rings. The van der Waals surface area contributed by atoms with Gasteiger partial charge in [0, 0.05) is 22.5 Å². The maximum absolute atomic E-state index is 13.1. The molecule has 0 saturated carbocycles. The second-order valence-electron chi connectivity index (χ2n) is 6.49. The summed E-state index contributed by atoms with van der Waals surface area (Å²) in [5.41, 5.74) is 11.8. The van der Waals surface area contributed by atoms with Gasteiger partial charge in [-0.3, -0.25) is 9.59 Å². The number of carbonyl (C=O) groups is 2. The molecular weight excluding hydrogens is 394 g/mol. The molecule has 1 aliphatic rings. The summed E-state index contributed by atoms with van der Waals surface area (Å²) in [7, 11) is -5.01. The Bertz CT molecular complexity index is 1320. The molecule has 29 heavy (non-hydrogen) atoms. The molecule has 1 aliphatic carbocycles. The first-order chi connectivity index (χ1) is 13.7. The maximum atomic E-state index is 13.1. The summed E-state index contributed by atoms with van der Waals surface area (Å²) in [5, 5.41) is 2.88. The van der Waals surface area contributed by atoms with Crippen LogP contribution >= 0.6 is 0 Å². The van der Waals surface area contributed by atoms with Crippen LogP contribution in [-0.2, 0) is 10.1 Å². The SMILES string of the molecule is Nc1cccc(Nc2cc(S(=O)(=O)[O-])c(N)c3c2C(=O)c2ccccc2C3=O)c1. The van der Waals surface area contributed by atoms with Crippen molar-refractivity contribution in [3.05, 3.63) is 76.9 Å². The van der Waals surface area contributed by atoms with Crippen LogP contribution in [0, 0.1) is 0 Å². The van der Waals surface area contributed by atoms with Crippen molar-refractivity contribution in [2.45, 2.75) is 4.90 Å². The number of rotatable bonds is 3. The third kappa shape index (κ3) is 3.02. The summed E-state index contributed by atoms with van der Waals surface area (Å²) in [6, 6.07) is 13.6. The van der Waals surface area contributed by atoms with E-state index in [1.807, 2.05) is 0 Å². The molecule has 0 amide bonds. The number of ketones is 2. The fourth-order valence-corrected chi connectivity index (χ4v) is 4.00. The molecule has 0 unspecified atom stereocenters. The summed E-state index contributed by atoms with van der Waals surface area (Å²) < 4.78 is 35.3. The Morgan fingerprint density at radius 2 is 1.45 bits per heavy atom. The van der Waals surface area contributed by atoms with E-state index in [1.54, 1.807) is 36.4 Å². The van der Waals surface area contributed by atoms with Crippen molar-refractivity contribution in [2.75, 3.05) is 16.8 Å². The topological polar surface area (TPSA) is 155 Å². The Balaban J connectivity index is 2.03. The predicted octanol–water partition coefficient (Wildman–Crippen LogP) is 2.27. The highest BCUT2D eigenvalue weighted by atomic mass is 32.2. The van der Waals surface area contributed by atoms with Crippen molar-refractivity contribution in [1.82, 2.24) is 0 Å². The third-order valence-electron chi connectivity index (χ3n) is 4.63. The number of hydrogen-bond donors (Lipinski definition) is 3. The van der Waals surface area contributed by atoms with Gasteiger partial charge in [-0.25, -0.2) is 8.42 Å². The van der Waals surface area contributed by atoms with E-state index in [4.69, 9.17) is 11.5 Å². The number of fused-ring (bicyclic) bond motifs is 2. The molecule has 5 N–H and O–H groups in total. The van der Waals surface area contributed by atoms with Gasteiger partial charge in [0.05, 0.1) is 27.4 Å². The fraction of sp³-hybridized carbons (Fsp3) is 0. The average molecular weight is 408 g/mol. The van der Waals surface area contributed by atoms with Gasteiger partial charge in [-0.15, -0.1) is 0 Å². The monoisotopic (exact) mass is 408 g/mol. The average Bonchev–Trinajstić information content (AvgIpc) is 2.66. The quantitative estimate of drug-likeness (QED) is 0.344. The number of nitrogen functional groups attached to an aromatic ring is 2. The number of nitrogens with one attached hydrogen (secondary N) is 1. The molecule has 0 saturated heterocycles. The number of carbonyl (C=O) groups excluding carboxylic acids is 2. The number of nitrogens with two attached hydrogens (primary N) is 2. The maximum Gasteiger partial charge on any atom is 0.196 e. The fourth-order valence-electron chi connectivity index (χ4n) is 3.37. The second kappa shape index (κ2) is 6.43. The first-order valence-corrected chi connectivity index (χ1v) is 9.82. The molecule has 9 heteroatoms. The van der Waals surface area contributed by atoms with E-state index in [9.17, 15) is 22.6 Å². The van der Waals surface area contributed by atoms with Gasteiger partial charge in [0.1, 0.15) is 10.1 Å². The molecule has 8 nitrogen and oxygen atoms in total. The summed E-state index contributed by atoms with van der Waals surface area (Å²) in [6.07, 6.45) is 0. The number of anilines is 4. The van der Waals surface area contributed by atoms with E-state index in [2.05, 4.69) is 5.32 Å². The molecule has 0 aliphatic heterocycles. The number of hydrogen-bond acceptors (Lipinski definition) is 8. The highest BCUT2D eigenvalue weighted by Gasteiger charge is 2.35. The van der Waals surface area contributed by atoms with E-state index < -0.39 is 32.3 Å². The van der Waals surface area contributed by atoms with Crippen LogP contribution in [0.2, 0.25) is 0 Å². The molecule has 3 aromatic rings. The Morgan fingerprint density at radius 3 is 2.03 bits per heavy atom. The van der Waals surface area contributed by atoms with Crippen LogP contribution in [0.5, 0.6) is 0 Å². The first kappa shape index (κ1) is 18.7. The van der Waals surface area contributed by atoms with Gasteiger partial charge in [-0.2, -0.15) is 0 Å². The Morgan fingerprint density at radius 1 is 0.828 bits per heavy atom. The van der Waals surface area contributed by atoms with Gasteiger partial charge in [0.2, 0.25) is 0 Å². The van der Waals surface area contributed by atoms with E-state index in [0.29, 0.717) is 11.4 Å². The van der Waals surface area contributed by atoms with Crippen molar-refractivity contribution in [2.24, 2.45) is 0 Å². The standard InChI is InChI=1S/C20H15N3O5S/c21-10-4-3-5-11(8-10)23-14-9-15(29(26,27)28)18(22)17-16(14)19(24)12-6-1-2-7-13(12)20(17)25/h1-9,23H,21-22H2,(H,26,27,28)/p-1. The lowest BCUT2D eigenvalue weighted by Gasteiger charge is -2.25. The molecule has 0 heterocycles. The van der Waals surface area contributed by atoms with E-state index in [0.717, 1.165) is 6.07 Å². The molecular formula is C20H14N3O5S-. The minimum absolute atomic E-state index is 0.0259. The van der Waals surface area contributed by atoms with Crippen LogP contribution in [-0.4, -0.2) is 24.5 Å². The highest BCUT2D eigenvalue weighted by molar-refractivity contribution is 7.86. The summed E-state index contributed by atoms with van der Waals surface area (Å²) in [6.45, 7) is 0. The molecule has 4 rings (SSSR count). The normalized spacial score (nSPS) is 13.0. The van der Waals surface area contributed by atoms with Crippen LogP contribution in [0.1, 0.15) is 31.8 Å². The Hall–Kier alpha value is -3.69. The third-order valence-corrected chi connectivity index (χ3v) is 5.51. The van der Waals surface area contributed by atoms with Crippen molar-refractivity contribution in [3.63, 3.8) is 0 Å². The predicted molar refractivity (Wildman–Crippen MR) is 106 cm³/mol. The lowest BCUT2D eigenvalue weighted by Crippen LogP contribution is -2.25. The van der Waals surface area contributed by atoms with E-state index >= 15 is 0 Å². The van der Waals surface area contributed by atoms with Crippen LogP contribution in [0.25, 0.3) is 0 Å². The van der Waals surface area contributed by atoms with Gasteiger partial charge < -0.3 is 21.3 Å². The Labute approximate surface area is 165 Å². The van der Waals surface area contributed by atoms with Gasteiger partial charge in [0.15, 0.2) is 11.6 Å². The molecule has 0 aromatic heterocycles. The van der Waals surface area contributed by atoms with Crippen molar-refractivity contribution < 1.29 is 22.6 Å². The second-order valence-corrected chi connectivity index (χ2v) is 7.84. The van der Waals surface area contributed by atoms with Gasteiger partial charge in [-0.1, -0.05) is 30.3 Å². The van der Waals surface area contributed by atoms with Crippen molar-refractivity contribution in [1.29, 1.82) is 0 Å². The molecule has 0 spiro atoms. The van der Waals surface area contributed by atoms with Crippen LogP contribution in [0.3, 0.4) is 0 Å².